The molecule has 0 aliphatic rings. The second-order valence-electron chi connectivity index (χ2n) is 5.91. The van der Waals surface area contributed by atoms with Gasteiger partial charge in [0.15, 0.2) is 0 Å². The Labute approximate surface area is 151 Å². The number of amides is 2. The lowest BCUT2D eigenvalue weighted by molar-refractivity contribution is -0.117. The Balaban J connectivity index is 1.58. The highest BCUT2D eigenvalue weighted by Gasteiger charge is 2.08. The number of anilines is 1. The smallest absolute Gasteiger partial charge is 0.269 e. The lowest BCUT2D eigenvalue weighted by Gasteiger charge is -2.13. The molecular formula is C20H19N3O3. The van der Waals surface area contributed by atoms with Gasteiger partial charge in [-0.15, -0.1) is 0 Å². The van der Waals surface area contributed by atoms with E-state index in [-0.39, 0.29) is 5.91 Å². The van der Waals surface area contributed by atoms with E-state index in [1.165, 1.54) is 6.08 Å². The normalized spacial score (nSPS) is 10.8. The fraction of sp³-hybridized carbons (Fsp3) is 0.100. The number of benzene rings is 2. The van der Waals surface area contributed by atoms with Crippen molar-refractivity contribution in [1.29, 1.82) is 0 Å². The van der Waals surface area contributed by atoms with Gasteiger partial charge in [-0.3, -0.25) is 20.4 Å². The van der Waals surface area contributed by atoms with E-state index in [2.05, 4.69) is 10.9 Å². The third-order valence-electron chi connectivity index (χ3n) is 3.77. The molecular weight excluding hydrogens is 330 g/mol. The average Bonchev–Trinajstić information content (AvgIpc) is 3.07. The summed E-state index contributed by atoms with van der Waals surface area (Å²) >= 11 is 0. The summed E-state index contributed by atoms with van der Waals surface area (Å²) in [5, 5.41) is 0.960. The van der Waals surface area contributed by atoms with E-state index in [4.69, 9.17) is 4.42 Å². The van der Waals surface area contributed by atoms with E-state index in [0.29, 0.717) is 11.3 Å². The van der Waals surface area contributed by atoms with E-state index in [1.54, 1.807) is 24.3 Å². The number of nitrogens with one attached hydrogen (secondary N) is 2. The predicted molar refractivity (Wildman–Crippen MR) is 102 cm³/mol. The van der Waals surface area contributed by atoms with Gasteiger partial charge in [0.1, 0.15) is 11.3 Å². The van der Waals surface area contributed by atoms with Gasteiger partial charge >= 0.3 is 0 Å². The number of nitrogens with zero attached hydrogens (tertiary/aromatic N) is 1. The monoisotopic (exact) mass is 349 g/mol. The molecule has 26 heavy (non-hydrogen) atoms. The average molecular weight is 349 g/mol. The van der Waals surface area contributed by atoms with Crippen molar-refractivity contribution in [2.45, 2.75) is 0 Å². The fourth-order valence-electron chi connectivity index (χ4n) is 2.40. The fourth-order valence-corrected chi connectivity index (χ4v) is 2.40. The molecule has 0 bridgehead atoms. The molecule has 0 atom stereocenters. The number of para-hydroxylation sites is 1. The van der Waals surface area contributed by atoms with E-state index >= 15 is 0 Å². The summed E-state index contributed by atoms with van der Waals surface area (Å²) in [5.41, 5.74) is 6.85. The number of rotatable bonds is 4. The van der Waals surface area contributed by atoms with Crippen LogP contribution in [0.2, 0.25) is 0 Å². The van der Waals surface area contributed by atoms with E-state index in [9.17, 15) is 9.59 Å². The van der Waals surface area contributed by atoms with Crippen molar-refractivity contribution < 1.29 is 14.0 Å². The highest BCUT2D eigenvalue weighted by atomic mass is 16.3. The summed E-state index contributed by atoms with van der Waals surface area (Å²) in [6, 6.07) is 16.5. The van der Waals surface area contributed by atoms with Gasteiger partial charge < -0.3 is 9.32 Å². The lowest BCUT2D eigenvalue weighted by Crippen LogP contribution is -2.40. The minimum atomic E-state index is -0.456. The number of furan rings is 1. The second kappa shape index (κ2) is 7.57. The Morgan fingerprint density at radius 2 is 1.81 bits per heavy atom. The number of hydrazine groups is 1. The summed E-state index contributed by atoms with van der Waals surface area (Å²) in [5.74, 6) is -0.284. The van der Waals surface area contributed by atoms with Crippen molar-refractivity contribution in [2.24, 2.45) is 0 Å². The molecule has 0 aliphatic heterocycles. The molecule has 0 spiro atoms. The molecule has 0 radical (unpaired) electrons. The van der Waals surface area contributed by atoms with Gasteiger partial charge in [0.05, 0.1) is 0 Å². The number of hydrogen-bond donors (Lipinski definition) is 2. The standard InChI is InChI=1S/C20H19N3O3/c1-23(2)16-8-5-7-15(12-16)20(25)22-21-19(24)11-10-17-13-14-6-3-4-9-18(14)26-17/h3-13H,1-2H3,(H,21,24)(H,22,25)/b11-10+. The van der Waals surface area contributed by atoms with Gasteiger partial charge in [-0.2, -0.15) is 0 Å². The highest BCUT2D eigenvalue weighted by Crippen LogP contribution is 2.19. The predicted octanol–water partition coefficient (Wildman–Crippen LogP) is 2.97. The maximum atomic E-state index is 12.1. The quantitative estimate of drug-likeness (QED) is 0.561. The first-order valence-electron chi connectivity index (χ1n) is 8.07. The van der Waals surface area contributed by atoms with Crippen LogP contribution in [0, 0.1) is 0 Å². The molecule has 6 nitrogen and oxygen atoms in total. The van der Waals surface area contributed by atoms with E-state index in [0.717, 1.165) is 16.7 Å². The Kier molecular flexibility index (Phi) is 5.03. The van der Waals surface area contributed by atoms with Crippen LogP contribution in [0.15, 0.2) is 65.1 Å². The molecule has 0 saturated carbocycles. The maximum absolute atomic E-state index is 12.1. The lowest BCUT2D eigenvalue weighted by atomic mass is 10.2. The van der Waals surface area contributed by atoms with Crippen molar-refractivity contribution in [3.05, 3.63) is 72.0 Å². The Hall–Kier alpha value is -3.54. The largest absolute Gasteiger partial charge is 0.457 e. The molecule has 0 saturated heterocycles. The van der Waals surface area contributed by atoms with Gasteiger partial charge in [0.25, 0.3) is 11.8 Å². The van der Waals surface area contributed by atoms with Crippen molar-refractivity contribution in [1.82, 2.24) is 10.9 Å². The third-order valence-corrected chi connectivity index (χ3v) is 3.77. The second-order valence-corrected chi connectivity index (χ2v) is 5.91. The zero-order valence-corrected chi connectivity index (χ0v) is 14.5. The van der Waals surface area contributed by atoms with Crippen molar-refractivity contribution in [3.8, 4) is 0 Å². The molecule has 0 fully saturated rings. The molecule has 1 aromatic heterocycles. The van der Waals surface area contributed by atoms with Crippen molar-refractivity contribution >= 4 is 34.5 Å². The maximum Gasteiger partial charge on any atom is 0.269 e. The van der Waals surface area contributed by atoms with Gasteiger partial charge in [0.2, 0.25) is 0 Å². The SMILES string of the molecule is CN(C)c1cccc(C(=O)NNC(=O)/C=C/c2cc3ccccc3o2)c1. The molecule has 6 heteroatoms. The van der Waals surface area contributed by atoms with Crippen LogP contribution < -0.4 is 15.8 Å². The highest BCUT2D eigenvalue weighted by molar-refractivity contribution is 5.98. The molecule has 132 valence electrons. The minimum absolute atomic E-state index is 0.390. The molecule has 2 N–H and O–H groups in total. The first-order chi connectivity index (χ1) is 12.5. The molecule has 3 rings (SSSR count). The summed E-state index contributed by atoms with van der Waals surface area (Å²) < 4.78 is 5.59. The van der Waals surface area contributed by atoms with Crippen LogP contribution in [0.3, 0.4) is 0 Å². The van der Waals surface area contributed by atoms with Crippen LogP contribution in [0.1, 0.15) is 16.1 Å². The van der Waals surface area contributed by atoms with Crippen LogP contribution >= 0.6 is 0 Å². The van der Waals surface area contributed by atoms with Crippen LogP contribution in [0.5, 0.6) is 0 Å². The van der Waals surface area contributed by atoms with E-state index in [1.807, 2.05) is 55.4 Å². The van der Waals surface area contributed by atoms with Gasteiger partial charge in [-0.1, -0.05) is 24.3 Å². The molecule has 3 aromatic rings. The molecule has 2 aromatic carbocycles. The Bertz CT molecular complexity index is 940. The van der Waals surface area contributed by atoms with Crippen molar-refractivity contribution in [2.75, 3.05) is 19.0 Å². The minimum Gasteiger partial charge on any atom is -0.457 e. The van der Waals surface area contributed by atoms with Crippen LogP contribution in [0.25, 0.3) is 17.0 Å². The molecule has 2 amide bonds. The molecule has 0 unspecified atom stereocenters. The van der Waals surface area contributed by atoms with Crippen LogP contribution in [-0.4, -0.2) is 25.9 Å². The topological polar surface area (TPSA) is 74.6 Å². The zero-order chi connectivity index (χ0) is 18.5. The molecule has 1 heterocycles. The number of carbonyl (C=O) groups is 2. The summed E-state index contributed by atoms with van der Waals surface area (Å²) in [7, 11) is 3.78. The van der Waals surface area contributed by atoms with E-state index < -0.39 is 5.91 Å². The Morgan fingerprint density at radius 3 is 2.58 bits per heavy atom. The first-order valence-corrected chi connectivity index (χ1v) is 8.07. The number of carbonyl (C=O) groups excluding carboxylic acids is 2. The van der Waals surface area contributed by atoms with Gasteiger partial charge in [-0.05, 0) is 36.4 Å². The summed E-state index contributed by atoms with van der Waals surface area (Å²) in [6.45, 7) is 0. The Morgan fingerprint density at radius 1 is 1.00 bits per heavy atom. The van der Waals surface area contributed by atoms with Gasteiger partial charge in [0, 0.05) is 36.8 Å². The summed E-state index contributed by atoms with van der Waals surface area (Å²) in [4.78, 5) is 25.9. The molecule has 0 aliphatic carbocycles. The van der Waals surface area contributed by atoms with Crippen LogP contribution in [-0.2, 0) is 4.79 Å². The number of fused-ring (bicyclic) bond motifs is 1. The van der Waals surface area contributed by atoms with Crippen LogP contribution in [0.4, 0.5) is 5.69 Å². The van der Waals surface area contributed by atoms with Gasteiger partial charge in [-0.25, -0.2) is 0 Å². The number of hydrogen-bond acceptors (Lipinski definition) is 4. The van der Waals surface area contributed by atoms with Crippen molar-refractivity contribution in [3.63, 3.8) is 0 Å². The summed E-state index contributed by atoms with van der Waals surface area (Å²) in [6.07, 6.45) is 2.85. The zero-order valence-electron chi connectivity index (χ0n) is 14.5. The first kappa shape index (κ1) is 17.3. The third kappa shape index (κ3) is 4.10.